The summed E-state index contributed by atoms with van der Waals surface area (Å²) in [6, 6.07) is 3.30. The number of esters is 1. The summed E-state index contributed by atoms with van der Waals surface area (Å²) in [5, 5.41) is 2.95. The van der Waals surface area contributed by atoms with E-state index >= 15 is 0 Å². The number of thiazole rings is 1. The van der Waals surface area contributed by atoms with E-state index in [0.717, 1.165) is 17.1 Å². The Balaban J connectivity index is 1.68. The Bertz CT molecular complexity index is 767. The lowest BCUT2D eigenvalue weighted by atomic mass is 10.2. The number of imidazole rings is 1. The number of aryl methyl sites for hydroxylation is 1. The molecule has 3 aromatic rings. The number of aromatic nitrogens is 4. The molecule has 0 unspecified atom stereocenters. The molecule has 0 fully saturated rings. The number of carbonyl (C=O) groups excluding carboxylic acids is 1. The molecule has 0 aliphatic heterocycles. The summed E-state index contributed by atoms with van der Waals surface area (Å²) in [7, 11) is 0. The van der Waals surface area contributed by atoms with Crippen LogP contribution in [0.25, 0.3) is 5.82 Å². The van der Waals surface area contributed by atoms with E-state index in [0.29, 0.717) is 11.4 Å². The summed E-state index contributed by atoms with van der Waals surface area (Å²) < 4.78 is 7.02. The molecule has 0 aliphatic carbocycles. The fourth-order valence-corrected chi connectivity index (χ4v) is 2.61. The zero-order valence-corrected chi connectivity index (χ0v) is 12.8. The average molecular weight is 314 g/mol. The van der Waals surface area contributed by atoms with Crippen molar-refractivity contribution in [2.75, 3.05) is 0 Å². The quantitative estimate of drug-likeness (QED) is 0.677. The lowest BCUT2D eigenvalue weighted by Gasteiger charge is -2.05. The van der Waals surface area contributed by atoms with E-state index in [1.165, 1.54) is 0 Å². The van der Waals surface area contributed by atoms with E-state index in [2.05, 4.69) is 15.0 Å². The van der Waals surface area contributed by atoms with Crippen LogP contribution in [0, 0.1) is 0 Å². The summed E-state index contributed by atoms with van der Waals surface area (Å²) in [6.45, 7) is 2.22. The Hall–Kier alpha value is -2.54. The molecule has 7 heteroatoms. The molecule has 3 aromatic heterocycles. The van der Waals surface area contributed by atoms with Crippen molar-refractivity contribution in [3.63, 3.8) is 0 Å². The fourth-order valence-electron chi connectivity index (χ4n) is 1.88. The van der Waals surface area contributed by atoms with Gasteiger partial charge >= 0.3 is 5.97 Å². The predicted octanol–water partition coefficient (Wildman–Crippen LogP) is 2.64. The van der Waals surface area contributed by atoms with E-state index < -0.39 is 5.97 Å². The molecule has 0 aromatic carbocycles. The Labute approximate surface area is 131 Å². The zero-order chi connectivity index (χ0) is 15.4. The third kappa shape index (κ3) is 3.20. The smallest absolute Gasteiger partial charge is 0.338 e. The van der Waals surface area contributed by atoms with Crippen LogP contribution in [0.4, 0.5) is 0 Å². The Morgan fingerprint density at radius 2 is 2.32 bits per heavy atom. The van der Waals surface area contributed by atoms with Crippen LogP contribution in [0.5, 0.6) is 0 Å². The second kappa shape index (κ2) is 6.48. The van der Waals surface area contributed by atoms with Crippen LogP contribution >= 0.6 is 11.3 Å². The largest absolute Gasteiger partial charge is 0.456 e. The molecule has 0 radical (unpaired) electrons. The topological polar surface area (TPSA) is 69.9 Å². The predicted molar refractivity (Wildman–Crippen MR) is 82.0 cm³/mol. The molecular weight excluding hydrogens is 300 g/mol. The molecule has 6 nitrogen and oxygen atoms in total. The summed E-state index contributed by atoms with van der Waals surface area (Å²) in [5.74, 6) is 0.226. The van der Waals surface area contributed by atoms with E-state index in [-0.39, 0.29) is 6.61 Å². The maximum absolute atomic E-state index is 12.1. The average Bonchev–Trinajstić information content (AvgIpc) is 3.24. The molecule has 112 valence electrons. The summed E-state index contributed by atoms with van der Waals surface area (Å²) in [4.78, 5) is 24.6. The molecule has 0 N–H and O–H groups in total. The van der Waals surface area contributed by atoms with Crippen LogP contribution in [0.3, 0.4) is 0 Å². The van der Waals surface area contributed by atoms with Crippen molar-refractivity contribution in [1.29, 1.82) is 0 Å². The molecule has 0 bridgehead atoms. The van der Waals surface area contributed by atoms with Crippen molar-refractivity contribution < 1.29 is 9.53 Å². The standard InChI is InChI=1S/C15H14N4O2S/c1-2-14-18-12(9-22-14)8-21-15(20)11-3-4-17-13(7-11)19-6-5-16-10-19/h3-7,9-10H,2,8H2,1H3. The number of carbonyl (C=O) groups is 1. The SMILES string of the molecule is CCc1nc(COC(=O)c2ccnc(-n3ccnc3)c2)cs1. The van der Waals surface area contributed by atoms with Crippen LogP contribution in [-0.4, -0.2) is 25.5 Å². The summed E-state index contributed by atoms with van der Waals surface area (Å²) in [6.07, 6.45) is 7.50. The van der Waals surface area contributed by atoms with Crippen LogP contribution in [0.2, 0.25) is 0 Å². The molecule has 22 heavy (non-hydrogen) atoms. The Morgan fingerprint density at radius 1 is 1.41 bits per heavy atom. The van der Waals surface area contributed by atoms with Gasteiger partial charge in [-0.25, -0.2) is 19.7 Å². The first-order valence-electron chi connectivity index (χ1n) is 6.81. The van der Waals surface area contributed by atoms with Crippen molar-refractivity contribution in [3.05, 3.63) is 58.7 Å². The highest BCUT2D eigenvalue weighted by molar-refractivity contribution is 7.09. The second-order valence-electron chi connectivity index (χ2n) is 4.53. The van der Waals surface area contributed by atoms with Gasteiger partial charge in [-0.05, 0) is 18.6 Å². The lowest BCUT2D eigenvalue weighted by molar-refractivity contribution is 0.0468. The maximum Gasteiger partial charge on any atom is 0.338 e. The van der Waals surface area contributed by atoms with Gasteiger partial charge in [-0.3, -0.25) is 4.57 Å². The summed E-state index contributed by atoms with van der Waals surface area (Å²) in [5.41, 5.74) is 1.23. The van der Waals surface area contributed by atoms with E-state index in [9.17, 15) is 4.79 Å². The molecule has 0 saturated carbocycles. The molecule has 0 atom stereocenters. The van der Waals surface area contributed by atoms with Gasteiger partial charge in [-0.15, -0.1) is 11.3 Å². The first kappa shape index (κ1) is 14.4. The minimum atomic E-state index is -0.394. The van der Waals surface area contributed by atoms with Gasteiger partial charge in [0.1, 0.15) is 18.8 Å². The number of nitrogens with zero attached hydrogens (tertiary/aromatic N) is 4. The third-order valence-electron chi connectivity index (χ3n) is 3.00. The number of rotatable bonds is 5. The van der Waals surface area contributed by atoms with Gasteiger partial charge in [-0.2, -0.15) is 0 Å². The van der Waals surface area contributed by atoms with Crippen molar-refractivity contribution in [3.8, 4) is 5.82 Å². The van der Waals surface area contributed by atoms with Gasteiger partial charge in [0.15, 0.2) is 0 Å². The second-order valence-corrected chi connectivity index (χ2v) is 5.48. The lowest BCUT2D eigenvalue weighted by Crippen LogP contribution is -2.07. The molecule has 3 heterocycles. The highest BCUT2D eigenvalue weighted by Gasteiger charge is 2.10. The first-order valence-corrected chi connectivity index (χ1v) is 7.69. The van der Waals surface area contributed by atoms with Gasteiger partial charge in [0, 0.05) is 24.0 Å². The van der Waals surface area contributed by atoms with Gasteiger partial charge in [0.2, 0.25) is 0 Å². The van der Waals surface area contributed by atoms with E-state index in [1.54, 1.807) is 53.0 Å². The number of pyridine rings is 1. The van der Waals surface area contributed by atoms with Crippen molar-refractivity contribution in [1.82, 2.24) is 19.5 Å². The molecule has 3 rings (SSSR count). The Morgan fingerprint density at radius 3 is 3.05 bits per heavy atom. The normalized spacial score (nSPS) is 10.6. The third-order valence-corrected chi connectivity index (χ3v) is 4.05. The monoisotopic (exact) mass is 314 g/mol. The van der Waals surface area contributed by atoms with Gasteiger partial charge in [-0.1, -0.05) is 6.92 Å². The number of hydrogen-bond donors (Lipinski definition) is 0. The van der Waals surface area contributed by atoms with Crippen molar-refractivity contribution in [2.45, 2.75) is 20.0 Å². The van der Waals surface area contributed by atoms with Gasteiger partial charge in [0.05, 0.1) is 16.3 Å². The van der Waals surface area contributed by atoms with E-state index in [1.807, 2.05) is 12.3 Å². The fraction of sp³-hybridized carbons (Fsp3) is 0.200. The molecule has 0 spiro atoms. The summed E-state index contributed by atoms with van der Waals surface area (Å²) >= 11 is 1.58. The van der Waals surface area contributed by atoms with Crippen LogP contribution in [0.15, 0.2) is 42.4 Å². The Kier molecular flexibility index (Phi) is 4.24. The van der Waals surface area contributed by atoms with Crippen LogP contribution < -0.4 is 0 Å². The van der Waals surface area contributed by atoms with E-state index in [4.69, 9.17) is 4.74 Å². The minimum absolute atomic E-state index is 0.179. The molecule has 0 aliphatic rings. The highest BCUT2D eigenvalue weighted by atomic mass is 32.1. The minimum Gasteiger partial charge on any atom is -0.456 e. The highest BCUT2D eigenvalue weighted by Crippen LogP contribution is 2.13. The van der Waals surface area contributed by atoms with Gasteiger partial charge in [0.25, 0.3) is 0 Å². The van der Waals surface area contributed by atoms with Gasteiger partial charge < -0.3 is 4.74 Å². The number of hydrogen-bond acceptors (Lipinski definition) is 6. The maximum atomic E-state index is 12.1. The molecular formula is C15H14N4O2S. The molecule has 0 saturated heterocycles. The van der Waals surface area contributed by atoms with Crippen LogP contribution in [0.1, 0.15) is 28.0 Å². The zero-order valence-electron chi connectivity index (χ0n) is 12.0. The van der Waals surface area contributed by atoms with Crippen molar-refractivity contribution >= 4 is 17.3 Å². The van der Waals surface area contributed by atoms with Crippen LogP contribution in [-0.2, 0) is 17.8 Å². The number of ether oxygens (including phenoxy) is 1. The molecule has 0 amide bonds. The van der Waals surface area contributed by atoms with Crippen molar-refractivity contribution in [2.24, 2.45) is 0 Å². The first-order chi connectivity index (χ1) is 10.8.